The van der Waals surface area contributed by atoms with Gasteiger partial charge in [0.1, 0.15) is 0 Å². The van der Waals surface area contributed by atoms with Gasteiger partial charge in [-0.15, -0.1) is 0 Å². The Balaban J connectivity index is 2.53. The van der Waals surface area contributed by atoms with Crippen molar-refractivity contribution in [1.29, 1.82) is 0 Å². The first kappa shape index (κ1) is 11.6. The molecule has 2 aromatic rings. The van der Waals surface area contributed by atoms with E-state index in [1.807, 2.05) is 18.2 Å². The SMILES string of the molecule is CCCCc1c(NC=O)ccc2ccccc12. The summed E-state index contributed by atoms with van der Waals surface area (Å²) < 4.78 is 0. The Morgan fingerprint density at radius 2 is 2.00 bits per heavy atom. The Hall–Kier alpha value is -1.83. The van der Waals surface area contributed by atoms with E-state index in [0.717, 1.165) is 31.4 Å². The molecule has 0 saturated heterocycles. The number of unbranched alkanes of at least 4 members (excludes halogenated alkanes) is 1. The Kier molecular flexibility index (Phi) is 3.76. The third kappa shape index (κ3) is 2.47. The van der Waals surface area contributed by atoms with Gasteiger partial charge >= 0.3 is 0 Å². The number of hydrogen-bond donors (Lipinski definition) is 1. The molecule has 88 valence electrons. The highest BCUT2D eigenvalue weighted by Crippen LogP contribution is 2.27. The molecule has 0 saturated carbocycles. The minimum Gasteiger partial charge on any atom is -0.328 e. The Bertz CT molecular complexity index is 519. The fourth-order valence-corrected chi connectivity index (χ4v) is 2.16. The summed E-state index contributed by atoms with van der Waals surface area (Å²) in [5.74, 6) is 0. The Morgan fingerprint density at radius 3 is 2.76 bits per heavy atom. The second-order valence-electron chi connectivity index (χ2n) is 4.18. The molecule has 1 N–H and O–H groups in total. The van der Waals surface area contributed by atoms with Crippen LogP contribution in [0, 0.1) is 0 Å². The van der Waals surface area contributed by atoms with Gasteiger partial charge in [0, 0.05) is 5.69 Å². The molecular weight excluding hydrogens is 210 g/mol. The van der Waals surface area contributed by atoms with Crippen molar-refractivity contribution in [3.05, 3.63) is 42.0 Å². The number of anilines is 1. The van der Waals surface area contributed by atoms with Crippen LogP contribution in [0.5, 0.6) is 0 Å². The summed E-state index contributed by atoms with van der Waals surface area (Å²) in [6, 6.07) is 12.4. The lowest BCUT2D eigenvalue weighted by molar-refractivity contribution is -0.105. The molecule has 2 nitrogen and oxygen atoms in total. The van der Waals surface area contributed by atoms with E-state index in [1.54, 1.807) is 0 Å². The van der Waals surface area contributed by atoms with Crippen LogP contribution in [0.4, 0.5) is 5.69 Å². The molecular formula is C15H17NO. The number of aryl methyl sites for hydroxylation is 1. The molecule has 2 heteroatoms. The van der Waals surface area contributed by atoms with Crippen LogP contribution in [0.3, 0.4) is 0 Å². The van der Waals surface area contributed by atoms with Gasteiger partial charge in [-0.2, -0.15) is 0 Å². The van der Waals surface area contributed by atoms with Gasteiger partial charge in [0.2, 0.25) is 6.41 Å². The fraction of sp³-hybridized carbons (Fsp3) is 0.267. The van der Waals surface area contributed by atoms with E-state index in [2.05, 4.69) is 30.4 Å². The van der Waals surface area contributed by atoms with Crippen LogP contribution in [-0.4, -0.2) is 6.41 Å². The van der Waals surface area contributed by atoms with E-state index in [1.165, 1.54) is 16.3 Å². The van der Waals surface area contributed by atoms with E-state index < -0.39 is 0 Å². The zero-order valence-electron chi connectivity index (χ0n) is 10.1. The highest BCUT2D eigenvalue weighted by molar-refractivity contribution is 5.92. The van der Waals surface area contributed by atoms with Crippen LogP contribution in [0.15, 0.2) is 36.4 Å². The zero-order valence-corrected chi connectivity index (χ0v) is 10.1. The van der Waals surface area contributed by atoms with E-state index >= 15 is 0 Å². The van der Waals surface area contributed by atoms with Crippen molar-refractivity contribution in [3.63, 3.8) is 0 Å². The normalized spacial score (nSPS) is 10.4. The summed E-state index contributed by atoms with van der Waals surface area (Å²) >= 11 is 0. The molecule has 2 rings (SSSR count). The van der Waals surface area contributed by atoms with Crippen LogP contribution in [-0.2, 0) is 11.2 Å². The molecule has 0 heterocycles. The minimum atomic E-state index is 0.750. The van der Waals surface area contributed by atoms with Gasteiger partial charge in [-0.1, -0.05) is 43.7 Å². The number of fused-ring (bicyclic) bond motifs is 1. The lowest BCUT2D eigenvalue weighted by atomic mass is 9.98. The minimum absolute atomic E-state index is 0.750. The van der Waals surface area contributed by atoms with E-state index in [-0.39, 0.29) is 0 Å². The number of hydrogen-bond acceptors (Lipinski definition) is 1. The molecule has 0 aliphatic carbocycles. The Labute approximate surface area is 102 Å². The number of nitrogens with one attached hydrogen (secondary N) is 1. The van der Waals surface area contributed by atoms with Crippen molar-refractivity contribution < 1.29 is 4.79 Å². The lowest BCUT2D eigenvalue weighted by Gasteiger charge is -2.11. The van der Waals surface area contributed by atoms with Crippen molar-refractivity contribution in [2.24, 2.45) is 0 Å². The first-order valence-corrected chi connectivity index (χ1v) is 6.07. The average molecular weight is 227 g/mol. The summed E-state index contributed by atoms with van der Waals surface area (Å²) in [5, 5.41) is 5.27. The van der Waals surface area contributed by atoms with Crippen LogP contribution in [0.2, 0.25) is 0 Å². The van der Waals surface area contributed by atoms with Gasteiger partial charge in [0.05, 0.1) is 0 Å². The quantitative estimate of drug-likeness (QED) is 0.774. The lowest BCUT2D eigenvalue weighted by Crippen LogP contribution is -2.00. The maximum atomic E-state index is 10.6. The van der Waals surface area contributed by atoms with Crippen LogP contribution in [0.25, 0.3) is 10.8 Å². The summed E-state index contributed by atoms with van der Waals surface area (Å²) in [7, 11) is 0. The molecule has 0 unspecified atom stereocenters. The zero-order chi connectivity index (χ0) is 12.1. The maximum Gasteiger partial charge on any atom is 0.211 e. The molecule has 0 radical (unpaired) electrons. The second-order valence-corrected chi connectivity index (χ2v) is 4.18. The molecule has 0 aromatic heterocycles. The second kappa shape index (κ2) is 5.48. The third-order valence-corrected chi connectivity index (χ3v) is 3.04. The highest BCUT2D eigenvalue weighted by Gasteiger charge is 2.06. The molecule has 0 aliphatic heterocycles. The molecule has 2 aromatic carbocycles. The summed E-state index contributed by atoms with van der Waals surface area (Å²) in [4.78, 5) is 10.6. The van der Waals surface area contributed by atoms with Gasteiger partial charge in [-0.25, -0.2) is 0 Å². The smallest absolute Gasteiger partial charge is 0.211 e. The Morgan fingerprint density at radius 1 is 1.18 bits per heavy atom. The summed E-state index contributed by atoms with van der Waals surface area (Å²) in [6.45, 7) is 2.18. The van der Waals surface area contributed by atoms with Gasteiger partial charge < -0.3 is 5.32 Å². The first-order valence-electron chi connectivity index (χ1n) is 6.07. The number of rotatable bonds is 5. The van der Waals surface area contributed by atoms with Crippen molar-refractivity contribution in [2.75, 3.05) is 5.32 Å². The van der Waals surface area contributed by atoms with Crippen LogP contribution >= 0.6 is 0 Å². The van der Waals surface area contributed by atoms with Crippen molar-refractivity contribution in [3.8, 4) is 0 Å². The van der Waals surface area contributed by atoms with Crippen LogP contribution in [0.1, 0.15) is 25.3 Å². The monoisotopic (exact) mass is 227 g/mol. The molecule has 0 aliphatic rings. The van der Waals surface area contributed by atoms with Gasteiger partial charge in [-0.3, -0.25) is 4.79 Å². The predicted molar refractivity (Wildman–Crippen MR) is 72.2 cm³/mol. The maximum absolute atomic E-state index is 10.6. The molecule has 0 atom stereocenters. The van der Waals surface area contributed by atoms with E-state index in [9.17, 15) is 4.79 Å². The van der Waals surface area contributed by atoms with Crippen molar-refractivity contribution >= 4 is 22.9 Å². The van der Waals surface area contributed by atoms with Crippen molar-refractivity contribution in [1.82, 2.24) is 0 Å². The number of carbonyl (C=O) groups excluding carboxylic acids is 1. The number of amides is 1. The molecule has 17 heavy (non-hydrogen) atoms. The van der Waals surface area contributed by atoms with E-state index in [0.29, 0.717) is 0 Å². The number of benzene rings is 2. The van der Waals surface area contributed by atoms with Gasteiger partial charge in [0.25, 0.3) is 0 Å². The molecule has 1 amide bonds. The molecule has 0 fully saturated rings. The molecule has 0 bridgehead atoms. The third-order valence-electron chi connectivity index (χ3n) is 3.04. The average Bonchev–Trinajstić information content (AvgIpc) is 2.37. The van der Waals surface area contributed by atoms with Gasteiger partial charge in [0.15, 0.2) is 0 Å². The van der Waals surface area contributed by atoms with Crippen molar-refractivity contribution in [2.45, 2.75) is 26.2 Å². The predicted octanol–water partition coefficient (Wildman–Crippen LogP) is 3.75. The number of carbonyl (C=O) groups is 1. The summed E-state index contributed by atoms with van der Waals surface area (Å²) in [6.07, 6.45) is 4.05. The fourth-order valence-electron chi connectivity index (χ4n) is 2.16. The first-order chi connectivity index (χ1) is 8.36. The topological polar surface area (TPSA) is 29.1 Å². The van der Waals surface area contributed by atoms with E-state index in [4.69, 9.17) is 0 Å². The van der Waals surface area contributed by atoms with Gasteiger partial charge in [-0.05, 0) is 35.2 Å². The largest absolute Gasteiger partial charge is 0.328 e. The standard InChI is InChI=1S/C15H17NO/c1-2-3-7-14-13-8-5-4-6-12(13)9-10-15(14)16-11-17/h4-6,8-11H,2-3,7H2,1H3,(H,16,17). The highest BCUT2D eigenvalue weighted by atomic mass is 16.1. The summed E-state index contributed by atoms with van der Waals surface area (Å²) in [5.41, 5.74) is 2.18. The van der Waals surface area contributed by atoms with Crippen LogP contribution < -0.4 is 5.32 Å². The molecule has 0 spiro atoms.